The number of nitrogens with two attached hydrogens (primary N) is 1. The third-order valence-corrected chi connectivity index (χ3v) is 4.70. The molecule has 144 valence electrons. The molecule has 1 amide bonds. The molecule has 10 heteroatoms. The molecule has 28 heavy (non-hydrogen) atoms. The van der Waals surface area contributed by atoms with Gasteiger partial charge < -0.3 is 20.5 Å². The van der Waals surface area contributed by atoms with Crippen molar-refractivity contribution in [2.45, 2.75) is 6.54 Å². The highest BCUT2D eigenvalue weighted by Gasteiger charge is 2.29. The minimum Gasteiger partial charge on any atom is -0.475 e. The molecule has 9 nitrogen and oxygen atoms in total. The Labute approximate surface area is 165 Å². The Bertz CT molecular complexity index is 1040. The Morgan fingerprint density at radius 1 is 1.32 bits per heavy atom. The molecule has 3 heterocycles. The number of hydrogen-bond acceptors (Lipinski definition) is 7. The molecule has 0 aliphatic carbocycles. The van der Waals surface area contributed by atoms with Crippen LogP contribution in [-0.4, -0.2) is 50.5 Å². The first-order valence-electron chi connectivity index (χ1n) is 8.57. The van der Waals surface area contributed by atoms with Crippen LogP contribution < -0.4 is 15.4 Å². The fourth-order valence-corrected chi connectivity index (χ4v) is 3.33. The molecule has 0 bridgehead atoms. The van der Waals surface area contributed by atoms with Crippen LogP contribution in [0.5, 0.6) is 5.88 Å². The van der Waals surface area contributed by atoms with Crippen molar-refractivity contribution in [3.05, 3.63) is 47.5 Å². The summed E-state index contributed by atoms with van der Waals surface area (Å²) in [7, 11) is 0. The van der Waals surface area contributed by atoms with Crippen LogP contribution in [0.4, 0.5) is 11.5 Å². The number of nitrogen functional groups attached to an aromatic ring is 1. The van der Waals surface area contributed by atoms with Gasteiger partial charge in [-0.05, 0) is 12.1 Å². The van der Waals surface area contributed by atoms with Gasteiger partial charge in [-0.15, -0.1) is 0 Å². The number of fused-ring (bicyclic) bond motifs is 1. The van der Waals surface area contributed by atoms with Crippen molar-refractivity contribution >= 4 is 29.0 Å². The summed E-state index contributed by atoms with van der Waals surface area (Å²) in [6.45, 7) is 0.989. The van der Waals surface area contributed by atoms with E-state index in [4.69, 9.17) is 27.2 Å². The lowest BCUT2D eigenvalue weighted by Crippen LogP contribution is -2.32. The maximum Gasteiger partial charge on any atom is 0.267 e. The summed E-state index contributed by atoms with van der Waals surface area (Å²) in [5.41, 5.74) is 8.22. The van der Waals surface area contributed by atoms with Crippen molar-refractivity contribution in [3.8, 4) is 17.0 Å². The zero-order valence-electron chi connectivity index (χ0n) is 14.7. The van der Waals surface area contributed by atoms with Gasteiger partial charge >= 0.3 is 0 Å². The van der Waals surface area contributed by atoms with Crippen LogP contribution in [0.3, 0.4) is 0 Å². The van der Waals surface area contributed by atoms with Gasteiger partial charge in [-0.1, -0.05) is 17.7 Å². The van der Waals surface area contributed by atoms with E-state index in [2.05, 4.69) is 15.1 Å². The predicted octanol–water partition coefficient (Wildman–Crippen LogP) is 1.61. The average Bonchev–Trinajstić information content (AvgIpc) is 3.06. The van der Waals surface area contributed by atoms with Gasteiger partial charge in [0.25, 0.3) is 5.91 Å². The molecule has 0 spiro atoms. The highest BCUT2D eigenvalue weighted by molar-refractivity contribution is 6.33. The summed E-state index contributed by atoms with van der Waals surface area (Å²) < 4.78 is 7.18. The first kappa shape index (κ1) is 18.2. The SMILES string of the molecule is Nc1ncnc2c1C(=O)N(c1ccc(-c3cnn(CCO)c3)c(Cl)c1)CCO2. The predicted molar refractivity (Wildman–Crippen MR) is 103 cm³/mol. The largest absolute Gasteiger partial charge is 0.475 e. The smallest absolute Gasteiger partial charge is 0.267 e. The first-order chi connectivity index (χ1) is 13.6. The number of nitrogens with zero attached hydrogens (tertiary/aromatic N) is 5. The number of anilines is 2. The second-order valence-electron chi connectivity index (χ2n) is 6.12. The standard InChI is InChI=1S/C18H17ClN6O3/c19-14-7-12(1-2-13(14)11-8-23-24(9-11)3-5-26)25-4-6-28-17-15(18(25)27)16(20)21-10-22-17/h1-2,7-10,26H,3-6H2,(H2,20,21,22). The normalized spacial score (nSPS) is 13.8. The minimum atomic E-state index is -0.342. The third kappa shape index (κ3) is 3.25. The van der Waals surface area contributed by atoms with Crippen LogP contribution in [0.1, 0.15) is 10.4 Å². The number of hydrogen-bond donors (Lipinski definition) is 2. The van der Waals surface area contributed by atoms with Crippen molar-refractivity contribution in [1.82, 2.24) is 19.7 Å². The van der Waals surface area contributed by atoms with E-state index in [0.717, 1.165) is 11.1 Å². The molecule has 0 radical (unpaired) electrons. The molecule has 4 rings (SSSR count). The van der Waals surface area contributed by atoms with Crippen molar-refractivity contribution < 1.29 is 14.6 Å². The molecular formula is C18H17ClN6O3. The average molecular weight is 401 g/mol. The van der Waals surface area contributed by atoms with Crippen molar-refractivity contribution in [2.24, 2.45) is 0 Å². The van der Waals surface area contributed by atoms with Crippen LogP contribution >= 0.6 is 11.6 Å². The Morgan fingerprint density at radius 3 is 2.96 bits per heavy atom. The minimum absolute atomic E-state index is 0.00124. The Balaban J connectivity index is 1.67. The Kier molecular flexibility index (Phi) is 4.84. The second kappa shape index (κ2) is 7.45. The summed E-state index contributed by atoms with van der Waals surface area (Å²) in [4.78, 5) is 22.4. The number of benzene rings is 1. The van der Waals surface area contributed by atoms with Crippen LogP contribution in [-0.2, 0) is 6.54 Å². The quantitative estimate of drug-likeness (QED) is 0.682. The topological polar surface area (TPSA) is 119 Å². The van der Waals surface area contributed by atoms with Crippen LogP contribution in [0.2, 0.25) is 5.02 Å². The van der Waals surface area contributed by atoms with Crippen molar-refractivity contribution in [3.63, 3.8) is 0 Å². The number of halogens is 1. The fraction of sp³-hybridized carbons (Fsp3) is 0.222. The summed E-state index contributed by atoms with van der Waals surface area (Å²) in [5.74, 6) is -0.0925. The third-order valence-electron chi connectivity index (χ3n) is 4.39. The molecular weight excluding hydrogens is 384 g/mol. The van der Waals surface area contributed by atoms with Gasteiger partial charge in [0.2, 0.25) is 5.88 Å². The van der Waals surface area contributed by atoms with Gasteiger partial charge in [-0.25, -0.2) is 9.97 Å². The number of carbonyl (C=O) groups is 1. The molecule has 2 aromatic heterocycles. The molecule has 0 saturated heterocycles. The maximum atomic E-state index is 13.0. The van der Waals surface area contributed by atoms with Gasteiger partial charge in [0.15, 0.2) is 0 Å². The monoisotopic (exact) mass is 400 g/mol. The maximum absolute atomic E-state index is 13.0. The number of amides is 1. The summed E-state index contributed by atoms with van der Waals surface area (Å²) >= 11 is 6.48. The van der Waals surface area contributed by atoms with Gasteiger partial charge in [0.1, 0.15) is 24.3 Å². The van der Waals surface area contributed by atoms with E-state index in [-0.39, 0.29) is 36.4 Å². The highest BCUT2D eigenvalue weighted by Crippen LogP contribution is 2.33. The van der Waals surface area contributed by atoms with Gasteiger partial charge in [-0.2, -0.15) is 5.10 Å². The molecule has 0 saturated carbocycles. The second-order valence-corrected chi connectivity index (χ2v) is 6.53. The number of aromatic nitrogens is 4. The van der Waals surface area contributed by atoms with Crippen LogP contribution in [0.25, 0.3) is 11.1 Å². The van der Waals surface area contributed by atoms with E-state index < -0.39 is 0 Å². The van der Waals surface area contributed by atoms with Crippen molar-refractivity contribution in [1.29, 1.82) is 0 Å². The molecule has 3 N–H and O–H groups in total. The van der Waals surface area contributed by atoms with E-state index in [1.165, 1.54) is 11.2 Å². The summed E-state index contributed by atoms with van der Waals surface area (Å²) in [6.07, 6.45) is 4.74. The zero-order chi connectivity index (χ0) is 19.7. The van der Waals surface area contributed by atoms with E-state index in [9.17, 15) is 4.79 Å². The number of carbonyl (C=O) groups excluding carboxylic acids is 1. The summed E-state index contributed by atoms with van der Waals surface area (Å²) in [5, 5.41) is 13.7. The van der Waals surface area contributed by atoms with Gasteiger partial charge in [0, 0.05) is 23.0 Å². The van der Waals surface area contributed by atoms with E-state index in [1.807, 2.05) is 6.07 Å². The van der Waals surface area contributed by atoms with E-state index in [1.54, 1.807) is 29.2 Å². The van der Waals surface area contributed by atoms with E-state index >= 15 is 0 Å². The molecule has 3 aromatic rings. The molecule has 1 aromatic carbocycles. The van der Waals surface area contributed by atoms with Gasteiger partial charge in [-0.3, -0.25) is 9.48 Å². The lowest BCUT2D eigenvalue weighted by atomic mass is 10.1. The number of aliphatic hydroxyl groups is 1. The molecule has 0 fully saturated rings. The van der Waals surface area contributed by atoms with Crippen LogP contribution in [0, 0.1) is 0 Å². The fourth-order valence-electron chi connectivity index (χ4n) is 3.04. The number of ether oxygens (including phenoxy) is 1. The molecule has 1 aliphatic heterocycles. The molecule has 0 unspecified atom stereocenters. The Morgan fingerprint density at radius 2 is 2.18 bits per heavy atom. The summed E-state index contributed by atoms with van der Waals surface area (Å²) in [6, 6.07) is 5.33. The number of rotatable bonds is 4. The first-order valence-corrected chi connectivity index (χ1v) is 8.94. The van der Waals surface area contributed by atoms with Crippen molar-refractivity contribution in [2.75, 3.05) is 30.4 Å². The van der Waals surface area contributed by atoms with Gasteiger partial charge in [0.05, 0.1) is 30.9 Å². The lowest BCUT2D eigenvalue weighted by molar-refractivity contribution is 0.0990. The zero-order valence-corrected chi connectivity index (χ0v) is 15.5. The highest BCUT2D eigenvalue weighted by atomic mass is 35.5. The Hall–Kier alpha value is -3.17. The molecule has 0 atom stereocenters. The lowest BCUT2D eigenvalue weighted by Gasteiger charge is -2.21. The van der Waals surface area contributed by atoms with Crippen LogP contribution in [0.15, 0.2) is 36.9 Å². The molecule has 1 aliphatic rings. The van der Waals surface area contributed by atoms with E-state index in [0.29, 0.717) is 23.8 Å². The number of aliphatic hydroxyl groups excluding tert-OH is 1.